The number of carbonyl (C=O) groups is 1. The Morgan fingerprint density at radius 3 is 2.49 bits per heavy atom. The minimum Gasteiger partial charge on any atom is -0.493 e. The average Bonchev–Trinajstić information content (AvgIpc) is 2.80. The lowest BCUT2D eigenvalue weighted by atomic mass is 9.83. The molecule has 13 heteroatoms. The molecular formula is C24H24ClF3N6O3. The summed E-state index contributed by atoms with van der Waals surface area (Å²) >= 11 is 0. The number of nitrogens with one attached hydrogen (secondary N) is 3. The van der Waals surface area contributed by atoms with Crippen molar-refractivity contribution in [3.05, 3.63) is 63.8 Å². The van der Waals surface area contributed by atoms with Crippen LogP contribution in [0.3, 0.4) is 0 Å². The van der Waals surface area contributed by atoms with Crippen molar-refractivity contribution in [2.75, 3.05) is 17.2 Å². The molecule has 0 aliphatic carbocycles. The second kappa shape index (κ2) is 11.3. The van der Waals surface area contributed by atoms with Gasteiger partial charge in [0.15, 0.2) is 5.82 Å². The number of rotatable bonds is 6. The summed E-state index contributed by atoms with van der Waals surface area (Å²) in [4.78, 5) is 35.2. The number of nitrogens with zero attached hydrogens (tertiary/aromatic N) is 3. The lowest BCUT2D eigenvalue weighted by Crippen LogP contribution is -2.23. The Kier molecular flexibility index (Phi) is 8.90. The highest BCUT2D eigenvalue weighted by atomic mass is 35.5. The van der Waals surface area contributed by atoms with Crippen molar-refractivity contribution in [2.45, 2.75) is 39.3 Å². The number of aromatic nitrogens is 3. The molecule has 0 fully saturated rings. The maximum Gasteiger partial charge on any atom is 0.416 e. The second-order valence-electron chi connectivity index (χ2n) is 8.27. The summed E-state index contributed by atoms with van der Waals surface area (Å²) in [5.41, 5.74) is -2.03. The number of hydrogen-bond donors (Lipinski definition) is 3. The normalized spacial score (nSPS) is 11.2. The van der Waals surface area contributed by atoms with Crippen LogP contribution in [0.2, 0.25) is 0 Å². The second-order valence-corrected chi connectivity index (χ2v) is 8.27. The highest BCUT2D eigenvalue weighted by Crippen LogP contribution is 2.39. The molecule has 0 bridgehead atoms. The summed E-state index contributed by atoms with van der Waals surface area (Å²) < 4.78 is 46.3. The van der Waals surface area contributed by atoms with Gasteiger partial charge in [0.2, 0.25) is 0 Å². The SMILES string of the molecule is CCOc1cc(=O)[nH]cc1-c1ncc(NC(=O)Nc2ccc(C(C)(C)C#N)c(C(F)(F)F)c2)c(C)n1.Cl. The summed E-state index contributed by atoms with van der Waals surface area (Å²) in [6, 6.07) is 5.57. The lowest BCUT2D eigenvalue weighted by Gasteiger charge is -2.22. The van der Waals surface area contributed by atoms with Crippen LogP contribution in [0.25, 0.3) is 11.4 Å². The smallest absolute Gasteiger partial charge is 0.416 e. The van der Waals surface area contributed by atoms with Crippen molar-refractivity contribution in [3.63, 3.8) is 0 Å². The monoisotopic (exact) mass is 536 g/mol. The van der Waals surface area contributed by atoms with Crippen LogP contribution in [0.5, 0.6) is 5.75 Å². The number of nitriles is 1. The van der Waals surface area contributed by atoms with Gasteiger partial charge in [-0.15, -0.1) is 12.4 Å². The topological polar surface area (TPSA) is 133 Å². The maximum absolute atomic E-state index is 13.6. The first kappa shape index (κ1) is 29.1. The van der Waals surface area contributed by atoms with Gasteiger partial charge in [-0.1, -0.05) is 6.07 Å². The van der Waals surface area contributed by atoms with Gasteiger partial charge in [-0.25, -0.2) is 14.8 Å². The Morgan fingerprint density at radius 2 is 1.89 bits per heavy atom. The Morgan fingerprint density at radius 1 is 1.19 bits per heavy atom. The Balaban J connectivity index is 0.00000481. The van der Waals surface area contributed by atoms with Gasteiger partial charge in [0, 0.05) is 18.0 Å². The van der Waals surface area contributed by atoms with Gasteiger partial charge in [-0.2, -0.15) is 18.4 Å². The molecule has 1 aromatic carbocycles. The molecule has 2 amide bonds. The van der Waals surface area contributed by atoms with Crippen LogP contribution in [-0.2, 0) is 11.6 Å². The fourth-order valence-corrected chi connectivity index (χ4v) is 3.37. The van der Waals surface area contributed by atoms with E-state index in [1.165, 1.54) is 44.4 Å². The minimum atomic E-state index is -4.72. The fraction of sp³-hybridized carbons (Fsp3) is 0.292. The van der Waals surface area contributed by atoms with E-state index in [0.29, 0.717) is 23.6 Å². The molecular weight excluding hydrogens is 513 g/mol. The first-order valence-corrected chi connectivity index (χ1v) is 10.8. The van der Waals surface area contributed by atoms with Gasteiger partial charge in [0.1, 0.15) is 5.75 Å². The number of pyridine rings is 1. The summed E-state index contributed by atoms with van der Waals surface area (Å²) in [6.07, 6.45) is -1.98. The zero-order valence-corrected chi connectivity index (χ0v) is 21.1. The molecule has 0 aliphatic rings. The van der Waals surface area contributed by atoms with Crippen molar-refractivity contribution in [1.82, 2.24) is 15.0 Å². The van der Waals surface area contributed by atoms with Crippen LogP contribution in [0.15, 0.2) is 41.5 Å². The predicted molar refractivity (Wildman–Crippen MR) is 134 cm³/mol. The van der Waals surface area contributed by atoms with E-state index in [4.69, 9.17) is 4.74 Å². The first-order chi connectivity index (χ1) is 16.9. The summed E-state index contributed by atoms with van der Waals surface area (Å²) in [7, 11) is 0. The fourth-order valence-electron chi connectivity index (χ4n) is 3.37. The molecule has 0 spiro atoms. The zero-order valence-electron chi connectivity index (χ0n) is 20.3. The number of carbonyl (C=O) groups excluding carboxylic acids is 1. The number of halogens is 4. The van der Waals surface area contributed by atoms with Crippen molar-refractivity contribution < 1.29 is 22.7 Å². The van der Waals surface area contributed by atoms with E-state index in [-0.39, 0.29) is 40.7 Å². The molecule has 2 heterocycles. The van der Waals surface area contributed by atoms with Crippen LogP contribution in [-0.4, -0.2) is 27.6 Å². The van der Waals surface area contributed by atoms with E-state index in [2.05, 4.69) is 25.6 Å². The van der Waals surface area contributed by atoms with Crippen LogP contribution < -0.4 is 20.9 Å². The van der Waals surface area contributed by atoms with Crippen molar-refractivity contribution in [2.24, 2.45) is 0 Å². The molecule has 0 atom stereocenters. The van der Waals surface area contributed by atoms with Crippen LogP contribution in [0.1, 0.15) is 37.6 Å². The van der Waals surface area contributed by atoms with Crippen molar-refractivity contribution in [3.8, 4) is 23.2 Å². The number of aromatic amines is 1. The van der Waals surface area contributed by atoms with Gasteiger partial charge in [-0.05, 0) is 45.4 Å². The van der Waals surface area contributed by atoms with E-state index >= 15 is 0 Å². The zero-order chi connectivity index (χ0) is 26.7. The van der Waals surface area contributed by atoms with Gasteiger partial charge in [-0.3, -0.25) is 4.79 Å². The van der Waals surface area contributed by atoms with Gasteiger partial charge >= 0.3 is 12.2 Å². The highest BCUT2D eigenvalue weighted by Gasteiger charge is 2.38. The molecule has 3 N–H and O–H groups in total. The van der Waals surface area contributed by atoms with Crippen LogP contribution in [0, 0.1) is 18.3 Å². The van der Waals surface area contributed by atoms with Crippen LogP contribution >= 0.6 is 12.4 Å². The van der Waals surface area contributed by atoms with Crippen LogP contribution in [0.4, 0.5) is 29.3 Å². The number of hydrogen-bond acceptors (Lipinski definition) is 6. The molecule has 3 aromatic rings. The van der Waals surface area contributed by atoms with E-state index in [1.807, 2.05) is 6.07 Å². The number of ether oxygens (including phenoxy) is 1. The average molecular weight is 537 g/mol. The number of aryl methyl sites for hydroxylation is 1. The summed E-state index contributed by atoms with van der Waals surface area (Å²) in [6.45, 7) is 6.45. The number of amides is 2. The molecule has 9 nitrogen and oxygen atoms in total. The molecule has 0 saturated heterocycles. The quantitative estimate of drug-likeness (QED) is 0.385. The van der Waals surface area contributed by atoms with E-state index < -0.39 is 23.2 Å². The molecule has 2 aromatic heterocycles. The minimum absolute atomic E-state index is 0. The largest absolute Gasteiger partial charge is 0.493 e. The van der Waals surface area contributed by atoms with Gasteiger partial charge in [0.05, 0.1) is 46.8 Å². The van der Waals surface area contributed by atoms with E-state index in [9.17, 15) is 28.0 Å². The van der Waals surface area contributed by atoms with Crippen molar-refractivity contribution in [1.29, 1.82) is 5.26 Å². The summed E-state index contributed by atoms with van der Waals surface area (Å²) in [5.74, 6) is 0.534. The molecule has 0 radical (unpaired) electrons. The Labute approximate surface area is 216 Å². The molecule has 196 valence electrons. The number of benzene rings is 1. The molecule has 3 rings (SSSR count). The number of anilines is 2. The maximum atomic E-state index is 13.6. The van der Waals surface area contributed by atoms with E-state index in [1.54, 1.807) is 13.8 Å². The first-order valence-electron chi connectivity index (χ1n) is 10.8. The molecule has 0 saturated carbocycles. The van der Waals surface area contributed by atoms with Gasteiger partial charge < -0.3 is 20.4 Å². The van der Waals surface area contributed by atoms with Crippen molar-refractivity contribution >= 4 is 29.8 Å². The standard InChI is InChI=1S/C24H23F3N6O3.ClH/c1-5-36-19-9-20(34)29-10-15(19)21-30-11-18(13(2)31-21)33-22(35)32-14-6-7-16(23(3,4)12-28)17(8-14)24(25,26)27;/h6-11H,5H2,1-4H3,(H,29,34)(H2,32,33,35);1H. The predicted octanol–water partition coefficient (Wildman–Crippen LogP) is 5.42. The Bertz CT molecular complexity index is 1400. The number of alkyl halides is 3. The highest BCUT2D eigenvalue weighted by molar-refractivity contribution is 6.00. The Hall–Kier alpha value is -4.11. The third kappa shape index (κ3) is 6.77. The van der Waals surface area contributed by atoms with E-state index in [0.717, 1.165) is 6.07 Å². The molecule has 0 unspecified atom stereocenters. The third-order valence-electron chi connectivity index (χ3n) is 5.19. The number of urea groups is 1. The third-order valence-corrected chi connectivity index (χ3v) is 5.19. The molecule has 37 heavy (non-hydrogen) atoms. The number of H-pyrrole nitrogens is 1. The molecule has 0 aliphatic heterocycles. The van der Waals surface area contributed by atoms with Gasteiger partial charge in [0.25, 0.3) is 5.56 Å². The summed E-state index contributed by atoms with van der Waals surface area (Å²) in [5, 5.41) is 14.1. The lowest BCUT2D eigenvalue weighted by molar-refractivity contribution is -0.138.